The highest BCUT2D eigenvalue weighted by Crippen LogP contribution is 2.36. The van der Waals surface area contributed by atoms with E-state index in [2.05, 4.69) is 17.1 Å². The summed E-state index contributed by atoms with van der Waals surface area (Å²) in [5.41, 5.74) is 0.0341. The Labute approximate surface area is 111 Å². The van der Waals surface area contributed by atoms with E-state index in [9.17, 15) is 5.11 Å². The van der Waals surface area contributed by atoms with E-state index >= 15 is 0 Å². The second-order valence-corrected chi connectivity index (χ2v) is 6.84. The maximum atomic E-state index is 9.86. The highest BCUT2D eigenvalue weighted by Gasteiger charge is 2.42. The largest absolute Gasteiger partial charge is 0.394 e. The molecule has 0 radical (unpaired) electrons. The van der Waals surface area contributed by atoms with Gasteiger partial charge in [0.25, 0.3) is 0 Å². The van der Waals surface area contributed by atoms with Crippen molar-refractivity contribution in [2.75, 3.05) is 13.2 Å². The van der Waals surface area contributed by atoms with Gasteiger partial charge < -0.3 is 10.4 Å². The lowest BCUT2D eigenvalue weighted by Crippen LogP contribution is -2.56. The Bertz CT molecular complexity index is 292. The van der Waals surface area contributed by atoms with Crippen LogP contribution in [0.5, 0.6) is 0 Å². The summed E-state index contributed by atoms with van der Waals surface area (Å²) in [5.74, 6) is 0. The van der Waals surface area contributed by atoms with Gasteiger partial charge in [0.2, 0.25) is 0 Å². The second kappa shape index (κ2) is 5.10. The predicted molar refractivity (Wildman–Crippen MR) is 73.6 cm³/mol. The van der Waals surface area contributed by atoms with E-state index in [1.165, 1.54) is 51.5 Å². The van der Waals surface area contributed by atoms with Crippen LogP contribution in [0.15, 0.2) is 0 Å². The van der Waals surface area contributed by atoms with Gasteiger partial charge in [-0.2, -0.15) is 0 Å². The molecule has 18 heavy (non-hydrogen) atoms. The molecular formula is C15H28N2O. The van der Waals surface area contributed by atoms with Crippen molar-refractivity contribution in [1.82, 2.24) is 10.2 Å². The third-order valence-corrected chi connectivity index (χ3v) is 5.28. The number of aliphatic hydroxyl groups excluding tert-OH is 1. The normalized spacial score (nSPS) is 42.3. The average Bonchev–Trinajstić information content (AvgIpc) is 3.08. The summed E-state index contributed by atoms with van der Waals surface area (Å²) >= 11 is 0. The molecule has 3 nitrogen and oxygen atoms in total. The monoisotopic (exact) mass is 252 g/mol. The number of hydrogen-bond donors (Lipinski definition) is 2. The molecule has 0 aromatic rings. The van der Waals surface area contributed by atoms with E-state index in [-0.39, 0.29) is 5.54 Å². The van der Waals surface area contributed by atoms with Gasteiger partial charge in [0, 0.05) is 23.7 Å². The third kappa shape index (κ3) is 2.59. The molecule has 3 aliphatic rings. The molecule has 2 N–H and O–H groups in total. The van der Waals surface area contributed by atoms with Crippen LogP contribution in [0.25, 0.3) is 0 Å². The van der Waals surface area contributed by atoms with Crippen LogP contribution < -0.4 is 5.32 Å². The zero-order valence-electron chi connectivity index (χ0n) is 11.7. The second-order valence-electron chi connectivity index (χ2n) is 6.84. The van der Waals surface area contributed by atoms with Crippen LogP contribution in [-0.4, -0.2) is 46.8 Å². The van der Waals surface area contributed by atoms with E-state index in [1.807, 2.05) is 0 Å². The van der Waals surface area contributed by atoms with Crippen molar-refractivity contribution in [3.05, 3.63) is 0 Å². The Morgan fingerprint density at radius 1 is 1.22 bits per heavy atom. The highest BCUT2D eigenvalue weighted by molar-refractivity contribution is 5.01. The first kappa shape index (κ1) is 12.9. The smallest absolute Gasteiger partial charge is 0.0613 e. The van der Waals surface area contributed by atoms with Crippen molar-refractivity contribution in [3.63, 3.8) is 0 Å². The number of aliphatic hydroxyl groups is 1. The van der Waals surface area contributed by atoms with Crippen LogP contribution in [0.2, 0.25) is 0 Å². The van der Waals surface area contributed by atoms with Gasteiger partial charge in [-0.25, -0.2) is 0 Å². The van der Waals surface area contributed by atoms with E-state index in [0.29, 0.717) is 18.7 Å². The van der Waals surface area contributed by atoms with Gasteiger partial charge in [0.15, 0.2) is 0 Å². The molecule has 1 heterocycles. The molecule has 0 spiro atoms. The molecule has 3 heteroatoms. The standard InChI is InChI=1S/C15H28N2O/c1-12-4-3-9-17(12)14-5-2-8-15(10-14,11-18)16-13-6-7-13/h12-14,16,18H,2-11H2,1H3. The molecule has 104 valence electrons. The van der Waals surface area contributed by atoms with Gasteiger partial charge in [-0.3, -0.25) is 4.90 Å². The molecule has 0 aromatic heterocycles. The molecular weight excluding hydrogens is 224 g/mol. The molecule has 3 atom stereocenters. The van der Waals surface area contributed by atoms with Crippen molar-refractivity contribution < 1.29 is 5.11 Å². The summed E-state index contributed by atoms with van der Waals surface area (Å²) in [7, 11) is 0. The number of nitrogens with one attached hydrogen (secondary N) is 1. The predicted octanol–water partition coefficient (Wildman–Crippen LogP) is 1.90. The first-order valence-corrected chi connectivity index (χ1v) is 7.87. The number of rotatable bonds is 4. The minimum absolute atomic E-state index is 0.0341. The van der Waals surface area contributed by atoms with E-state index < -0.39 is 0 Å². The summed E-state index contributed by atoms with van der Waals surface area (Å²) in [6.45, 7) is 3.97. The minimum Gasteiger partial charge on any atom is -0.394 e. The lowest BCUT2D eigenvalue weighted by Gasteiger charge is -2.45. The van der Waals surface area contributed by atoms with Crippen LogP contribution in [0, 0.1) is 0 Å². The van der Waals surface area contributed by atoms with Crippen molar-refractivity contribution in [3.8, 4) is 0 Å². The van der Waals surface area contributed by atoms with E-state index in [1.54, 1.807) is 0 Å². The Hall–Kier alpha value is -0.120. The Kier molecular flexibility index (Phi) is 3.65. The number of likely N-dealkylation sites (tertiary alicyclic amines) is 1. The summed E-state index contributed by atoms with van der Waals surface area (Å²) in [4.78, 5) is 2.71. The fourth-order valence-electron chi connectivity index (χ4n) is 4.09. The van der Waals surface area contributed by atoms with Gasteiger partial charge >= 0.3 is 0 Å². The molecule has 3 rings (SSSR count). The fourth-order valence-corrected chi connectivity index (χ4v) is 4.09. The van der Waals surface area contributed by atoms with Crippen LogP contribution in [0.4, 0.5) is 0 Å². The van der Waals surface area contributed by atoms with E-state index in [4.69, 9.17) is 0 Å². The minimum atomic E-state index is 0.0341. The third-order valence-electron chi connectivity index (χ3n) is 5.28. The van der Waals surface area contributed by atoms with Gasteiger partial charge in [0.05, 0.1) is 6.61 Å². The highest BCUT2D eigenvalue weighted by atomic mass is 16.3. The molecule has 1 aliphatic heterocycles. The van der Waals surface area contributed by atoms with Crippen molar-refractivity contribution in [2.24, 2.45) is 0 Å². The zero-order valence-corrected chi connectivity index (χ0v) is 11.7. The maximum absolute atomic E-state index is 9.86. The molecule has 0 aromatic carbocycles. The van der Waals surface area contributed by atoms with Crippen molar-refractivity contribution in [1.29, 1.82) is 0 Å². The van der Waals surface area contributed by atoms with Crippen LogP contribution in [0.3, 0.4) is 0 Å². The summed E-state index contributed by atoms with van der Waals surface area (Å²) in [6, 6.07) is 2.16. The SMILES string of the molecule is CC1CCCN1C1CCCC(CO)(NC2CC2)C1. The Morgan fingerprint density at radius 2 is 2.06 bits per heavy atom. The van der Waals surface area contributed by atoms with Gasteiger partial charge in [-0.15, -0.1) is 0 Å². The van der Waals surface area contributed by atoms with Gasteiger partial charge in [-0.05, 0) is 64.8 Å². The Balaban J connectivity index is 1.65. The van der Waals surface area contributed by atoms with Gasteiger partial charge in [0.1, 0.15) is 0 Å². The lowest BCUT2D eigenvalue weighted by molar-refractivity contribution is 0.0552. The number of hydrogen-bond acceptors (Lipinski definition) is 3. The topological polar surface area (TPSA) is 35.5 Å². The summed E-state index contributed by atoms with van der Waals surface area (Å²) < 4.78 is 0. The molecule has 1 saturated heterocycles. The molecule has 0 amide bonds. The molecule has 2 saturated carbocycles. The molecule has 3 fully saturated rings. The Morgan fingerprint density at radius 3 is 2.67 bits per heavy atom. The number of nitrogens with zero attached hydrogens (tertiary/aromatic N) is 1. The maximum Gasteiger partial charge on any atom is 0.0613 e. The summed E-state index contributed by atoms with van der Waals surface area (Å²) in [6.07, 6.45) is 10.3. The lowest BCUT2D eigenvalue weighted by atomic mass is 9.78. The summed E-state index contributed by atoms with van der Waals surface area (Å²) in [5, 5.41) is 13.6. The van der Waals surface area contributed by atoms with Crippen LogP contribution in [0.1, 0.15) is 58.3 Å². The molecule has 3 unspecified atom stereocenters. The first-order chi connectivity index (χ1) is 8.72. The van der Waals surface area contributed by atoms with Crippen LogP contribution in [-0.2, 0) is 0 Å². The van der Waals surface area contributed by atoms with Crippen LogP contribution >= 0.6 is 0 Å². The average molecular weight is 252 g/mol. The molecule has 0 bridgehead atoms. The zero-order chi connectivity index (χ0) is 12.6. The molecule has 2 aliphatic carbocycles. The van der Waals surface area contributed by atoms with Crippen molar-refractivity contribution >= 4 is 0 Å². The quantitative estimate of drug-likeness (QED) is 0.802. The van der Waals surface area contributed by atoms with Gasteiger partial charge in [-0.1, -0.05) is 0 Å². The van der Waals surface area contributed by atoms with Crippen molar-refractivity contribution in [2.45, 2.75) is 82.0 Å². The fraction of sp³-hybridized carbons (Fsp3) is 1.00. The first-order valence-electron chi connectivity index (χ1n) is 7.87. The van der Waals surface area contributed by atoms with E-state index in [0.717, 1.165) is 12.5 Å².